The first-order valence-electron chi connectivity index (χ1n) is 9.06. The van der Waals surface area contributed by atoms with Gasteiger partial charge < -0.3 is 24.4 Å². The fraction of sp³-hybridized carbons (Fsp3) is 0.227. The number of hydrogen-bond donors (Lipinski definition) is 1. The summed E-state index contributed by atoms with van der Waals surface area (Å²) in [4.78, 5) is 35.3. The monoisotopic (exact) mass is 394 g/mol. The molecule has 1 amide bonds. The Morgan fingerprint density at radius 2 is 1.83 bits per heavy atom. The Hall–Kier alpha value is -3.61. The van der Waals surface area contributed by atoms with Crippen LogP contribution in [-0.2, 0) is 16.0 Å². The van der Waals surface area contributed by atoms with Crippen LogP contribution in [0.4, 0.5) is 0 Å². The number of aliphatic carboxylic acids is 1. The topological polar surface area (TPSA) is 109 Å². The number of carboxylic acid groups (broad SMARTS) is 1. The van der Waals surface area contributed by atoms with Crippen molar-refractivity contribution in [2.24, 2.45) is 0 Å². The Labute approximate surface area is 166 Å². The van der Waals surface area contributed by atoms with E-state index in [1.165, 1.54) is 6.07 Å². The second-order valence-electron chi connectivity index (χ2n) is 6.72. The summed E-state index contributed by atoms with van der Waals surface area (Å²) in [6, 6.07) is 12.7. The molecule has 0 radical (unpaired) electrons. The lowest BCUT2D eigenvalue weighted by Gasteiger charge is -2.20. The third kappa shape index (κ3) is 4.82. The van der Waals surface area contributed by atoms with Crippen LogP contribution >= 0.6 is 0 Å². The number of benzene rings is 2. The molecule has 1 N–H and O–H groups in total. The molecule has 29 heavy (non-hydrogen) atoms. The third-order valence-electron chi connectivity index (χ3n) is 4.70. The molecule has 0 aliphatic heterocycles. The molecule has 0 aliphatic rings. The lowest BCUT2D eigenvalue weighted by atomic mass is 10.1. The molecule has 0 saturated carbocycles. The van der Waals surface area contributed by atoms with Gasteiger partial charge in [-0.25, -0.2) is 4.79 Å². The molecule has 0 saturated heterocycles. The summed E-state index contributed by atoms with van der Waals surface area (Å²) in [6.45, 7) is 3.13. The molecule has 0 bridgehead atoms. The van der Waals surface area contributed by atoms with Crippen LogP contribution in [0.5, 0.6) is 5.75 Å². The maximum absolute atomic E-state index is 12.1. The van der Waals surface area contributed by atoms with Crippen molar-refractivity contribution in [3.8, 4) is 5.75 Å². The summed E-state index contributed by atoms with van der Waals surface area (Å²) in [5.41, 5.74) is 2.05. The fourth-order valence-corrected chi connectivity index (χ4v) is 2.95. The molecule has 7 nitrogen and oxygen atoms in total. The van der Waals surface area contributed by atoms with Gasteiger partial charge in [-0.2, -0.15) is 0 Å². The molecular formula is C22H20NO6-. The van der Waals surface area contributed by atoms with Gasteiger partial charge in [0.1, 0.15) is 11.3 Å². The maximum Gasteiger partial charge on any atom is 0.339 e. The third-order valence-corrected chi connectivity index (χ3v) is 4.70. The van der Waals surface area contributed by atoms with Crippen molar-refractivity contribution in [1.82, 2.24) is 5.32 Å². The molecule has 150 valence electrons. The predicted octanol–water partition coefficient (Wildman–Crippen LogP) is 1.27. The summed E-state index contributed by atoms with van der Waals surface area (Å²) >= 11 is 0. The minimum Gasteiger partial charge on any atom is -0.548 e. The zero-order valence-electron chi connectivity index (χ0n) is 16.1. The van der Waals surface area contributed by atoms with E-state index in [9.17, 15) is 19.5 Å². The first-order valence-corrected chi connectivity index (χ1v) is 9.06. The molecule has 7 heteroatoms. The van der Waals surface area contributed by atoms with E-state index < -0.39 is 23.5 Å². The highest BCUT2D eigenvalue weighted by Gasteiger charge is 2.15. The predicted molar refractivity (Wildman–Crippen MR) is 105 cm³/mol. The second-order valence-corrected chi connectivity index (χ2v) is 6.72. The summed E-state index contributed by atoms with van der Waals surface area (Å²) in [6.07, 6.45) is 0.106. The average molecular weight is 394 g/mol. The van der Waals surface area contributed by atoms with E-state index in [1.54, 1.807) is 43.3 Å². The highest BCUT2D eigenvalue weighted by atomic mass is 16.5. The SMILES string of the molecule is Cc1c(C)c2ccc(OCC(=O)N[C@@H](Cc3ccccc3)C(=O)[O-])cc2oc1=O. The molecule has 3 aromatic rings. The second kappa shape index (κ2) is 8.60. The fourth-order valence-electron chi connectivity index (χ4n) is 2.95. The van der Waals surface area contributed by atoms with Crippen LogP contribution in [0.25, 0.3) is 11.0 Å². The molecule has 0 fully saturated rings. The van der Waals surface area contributed by atoms with Crippen LogP contribution in [0.2, 0.25) is 0 Å². The van der Waals surface area contributed by atoms with Crippen LogP contribution < -0.4 is 20.8 Å². The molecule has 0 aliphatic carbocycles. The van der Waals surface area contributed by atoms with Crippen LogP contribution in [0, 0.1) is 13.8 Å². The van der Waals surface area contributed by atoms with E-state index in [1.807, 2.05) is 13.0 Å². The van der Waals surface area contributed by atoms with Gasteiger partial charge in [0.25, 0.3) is 5.91 Å². The first-order chi connectivity index (χ1) is 13.8. The smallest absolute Gasteiger partial charge is 0.339 e. The number of aryl methyl sites for hydroxylation is 1. The van der Waals surface area contributed by atoms with Crippen LogP contribution in [0.15, 0.2) is 57.7 Å². The van der Waals surface area contributed by atoms with Gasteiger partial charge in [0, 0.05) is 17.0 Å². The number of carbonyl (C=O) groups is 2. The zero-order chi connectivity index (χ0) is 21.0. The molecular weight excluding hydrogens is 374 g/mol. The van der Waals surface area contributed by atoms with E-state index in [4.69, 9.17) is 9.15 Å². The van der Waals surface area contributed by atoms with E-state index in [-0.39, 0.29) is 13.0 Å². The Bertz CT molecular complexity index is 1100. The van der Waals surface area contributed by atoms with Gasteiger partial charge in [-0.1, -0.05) is 30.3 Å². The lowest BCUT2D eigenvalue weighted by Crippen LogP contribution is -2.50. The van der Waals surface area contributed by atoms with E-state index in [0.29, 0.717) is 16.9 Å². The Balaban J connectivity index is 1.65. The number of hydrogen-bond acceptors (Lipinski definition) is 6. The number of ether oxygens (including phenoxy) is 1. The Morgan fingerprint density at radius 3 is 2.52 bits per heavy atom. The van der Waals surface area contributed by atoms with E-state index in [2.05, 4.69) is 5.32 Å². The maximum atomic E-state index is 12.1. The standard InChI is InChI=1S/C22H21NO6/c1-13-14(2)22(27)29-19-11-16(8-9-17(13)19)28-12-20(24)23-18(21(25)26)10-15-6-4-3-5-7-15/h3-9,11,18H,10,12H2,1-2H3,(H,23,24)(H,25,26)/p-1/t18-/m0/s1. The van der Waals surface area contributed by atoms with Crippen LogP contribution in [0.3, 0.4) is 0 Å². The molecule has 2 aromatic carbocycles. The van der Waals surface area contributed by atoms with Gasteiger partial charge >= 0.3 is 5.63 Å². The number of amides is 1. The van der Waals surface area contributed by atoms with Gasteiger partial charge in [0.15, 0.2) is 6.61 Å². The van der Waals surface area contributed by atoms with Crippen molar-refractivity contribution in [3.63, 3.8) is 0 Å². The Morgan fingerprint density at radius 1 is 1.10 bits per heavy atom. The molecule has 0 spiro atoms. The summed E-state index contributed by atoms with van der Waals surface area (Å²) in [7, 11) is 0. The summed E-state index contributed by atoms with van der Waals surface area (Å²) < 4.78 is 10.7. The largest absolute Gasteiger partial charge is 0.548 e. The van der Waals surface area contributed by atoms with Gasteiger partial charge in [-0.3, -0.25) is 4.79 Å². The molecule has 1 atom stereocenters. The molecule has 0 unspecified atom stereocenters. The van der Waals surface area contributed by atoms with Crippen LogP contribution in [0.1, 0.15) is 16.7 Å². The van der Waals surface area contributed by atoms with Crippen molar-refractivity contribution in [3.05, 3.63) is 75.6 Å². The normalized spacial score (nSPS) is 11.8. The van der Waals surface area contributed by atoms with Crippen molar-refractivity contribution in [1.29, 1.82) is 0 Å². The first kappa shape index (κ1) is 20.1. The highest BCUT2D eigenvalue weighted by molar-refractivity contribution is 5.84. The molecule has 3 rings (SSSR count). The summed E-state index contributed by atoms with van der Waals surface area (Å²) in [5, 5.41) is 14.5. The summed E-state index contributed by atoms with van der Waals surface area (Å²) in [5.74, 6) is -1.65. The number of carboxylic acids is 1. The number of nitrogens with one attached hydrogen (secondary N) is 1. The highest BCUT2D eigenvalue weighted by Crippen LogP contribution is 2.23. The van der Waals surface area contributed by atoms with E-state index in [0.717, 1.165) is 16.5 Å². The van der Waals surface area contributed by atoms with Crippen molar-refractivity contribution in [2.75, 3.05) is 6.61 Å². The zero-order valence-corrected chi connectivity index (χ0v) is 16.1. The minimum atomic E-state index is -1.37. The van der Waals surface area contributed by atoms with Gasteiger partial charge in [-0.05, 0) is 43.5 Å². The van der Waals surface area contributed by atoms with Crippen LogP contribution in [-0.4, -0.2) is 24.5 Å². The van der Waals surface area contributed by atoms with Gasteiger partial charge in [0.05, 0.1) is 12.0 Å². The number of fused-ring (bicyclic) bond motifs is 1. The van der Waals surface area contributed by atoms with E-state index >= 15 is 0 Å². The lowest BCUT2D eigenvalue weighted by molar-refractivity contribution is -0.308. The number of carbonyl (C=O) groups excluding carboxylic acids is 2. The van der Waals surface area contributed by atoms with Gasteiger partial charge in [-0.15, -0.1) is 0 Å². The number of rotatable bonds is 7. The minimum absolute atomic E-state index is 0.106. The van der Waals surface area contributed by atoms with Crippen molar-refractivity contribution >= 4 is 22.8 Å². The molecule has 1 aromatic heterocycles. The van der Waals surface area contributed by atoms with Gasteiger partial charge in [0.2, 0.25) is 0 Å². The Kier molecular flexibility index (Phi) is 5.97. The van der Waals surface area contributed by atoms with Crippen molar-refractivity contribution < 1.29 is 23.8 Å². The van der Waals surface area contributed by atoms with Crippen molar-refractivity contribution in [2.45, 2.75) is 26.3 Å². The quantitative estimate of drug-likeness (QED) is 0.605. The average Bonchev–Trinajstić information content (AvgIpc) is 2.70. The molecule has 1 heterocycles.